The minimum atomic E-state index is -0.114. The summed E-state index contributed by atoms with van der Waals surface area (Å²) in [6.07, 6.45) is 1.38. The van der Waals surface area contributed by atoms with Gasteiger partial charge in [-0.2, -0.15) is 0 Å². The molecule has 2 heterocycles. The van der Waals surface area contributed by atoms with Crippen LogP contribution < -0.4 is 5.32 Å². The lowest BCUT2D eigenvalue weighted by Gasteiger charge is -2.38. The number of piperazine rings is 1. The van der Waals surface area contributed by atoms with E-state index in [-0.39, 0.29) is 23.8 Å². The Morgan fingerprint density at radius 1 is 0.846 bits per heavy atom. The third-order valence-electron chi connectivity index (χ3n) is 5.19. The molecule has 1 N–H and O–H groups in total. The largest absolute Gasteiger partial charge is 0.339 e. The van der Waals surface area contributed by atoms with Gasteiger partial charge >= 0.3 is 6.03 Å². The van der Waals surface area contributed by atoms with Crippen LogP contribution in [0.4, 0.5) is 10.5 Å². The number of piperidine rings is 1. The molecule has 2 fully saturated rings. The molecular formula is C19H26N4O3. The molecule has 7 heteroatoms. The standard InChI is InChI=1S/C19H26N4O3/c1-15(24)21-11-13-22(14-12-21)18(25)16-7-9-23(10-8-16)19(26)20-17-5-3-2-4-6-17/h2-6,16H,7-14H2,1H3,(H,20,26). The number of hydrogen-bond donors (Lipinski definition) is 1. The van der Waals surface area contributed by atoms with E-state index in [1.165, 1.54) is 0 Å². The number of para-hydroxylation sites is 1. The van der Waals surface area contributed by atoms with Crippen molar-refractivity contribution in [3.8, 4) is 0 Å². The van der Waals surface area contributed by atoms with Crippen molar-refractivity contribution < 1.29 is 14.4 Å². The first-order valence-corrected chi connectivity index (χ1v) is 9.20. The quantitative estimate of drug-likeness (QED) is 0.873. The Labute approximate surface area is 153 Å². The topological polar surface area (TPSA) is 73.0 Å². The second-order valence-electron chi connectivity index (χ2n) is 6.89. The number of carbonyl (C=O) groups is 3. The normalized spacial score (nSPS) is 18.6. The molecule has 0 bridgehead atoms. The molecule has 0 unspecified atom stereocenters. The highest BCUT2D eigenvalue weighted by molar-refractivity contribution is 5.89. The van der Waals surface area contributed by atoms with Crippen molar-refractivity contribution in [3.63, 3.8) is 0 Å². The summed E-state index contributed by atoms with van der Waals surface area (Å²) in [5.74, 6) is 0.200. The fraction of sp³-hybridized carbons (Fsp3) is 0.526. The lowest BCUT2D eigenvalue weighted by atomic mass is 9.95. The van der Waals surface area contributed by atoms with Crippen LogP contribution in [0, 0.1) is 5.92 Å². The Hall–Kier alpha value is -2.57. The zero-order valence-electron chi connectivity index (χ0n) is 15.2. The smallest absolute Gasteiger partial charge is 0.321 e. The van der Waals surface area contributed by atoms with Gasteiger partial charge in [0.2, 0.25) is 11.8 Å². The zero-order valence-corrected chi connectivity index (χ0v) is 15.2. The maximum atomic E-state index is 12.7. The van der Waals surface area contributed by atoms with Crippen molar-refractivity contribution in [1.29, 1.82) is 0 Å². The maximum absolute atomic E-state index is 12.7. The molecule has 2 saturated heterocycles. The number of benzene rings is 1. The Balaban J connectivity index is 1.45. The Kier molecular flexibility index (Phi) is 5.75. The summed E-state index contributed by atoms with van der Waals surface area (Å²) in [5, 5.41) is 2.89. The van der Waals surface area contributed by atoms with Gasteiger partial charge < -0.3 is 20.0 Å². The highest BCUT2D eigenvalue weighted by Crippen LogP contribution is 2.21. The number of nitrogens with one attached hydrogen (secondary N) is 1. The number of rotatable bonds is 2. The molecule has 2 aliphatic rings. The summed E-state index contributed by atoms with van der Waals surface area (Å²) in [5.41, 5.74) is 0.777. The third-order valence-corrected chi connectivity index (χ3v) is 5.19. The van der Waals surface area contributed by atoms with E-state index in [0.717, 1.165) is 5.69 Å². The monoisotopic (exact) mass is 358 g/mol. The van der Waals surface area contributed by atoms with E-state index in [0.29, 0.717) is 52.1 Å². The van der Waals surface area contributed by atoms with E-state index in [1.807, 2.05) is 35.2 Å². The molecule has 26 heavy (non-hydrogen) atoms. The number of hydrogen-bond acceptors (Lipinski definition) is 3. The Morgan fingerprint density at radius 2 is 1.42 bits per heavy atom. The van der Waals surface area contributed by atoms with E-state index in [1.54, 1.807) is 16.7 Å². The molecule has 0 radical (unpaired) electrons. The van der Waals surface area contributed by atoms with Crippen molar-refractivity contribution in [2.24, 2.45) is 5.92 Å². The highest BCUT2D eigenvalue weighted by atomic mass is 16.2. The van der Waals surface area contributed by atoms with Gasteiger partial charge in [0.05, 0.1) is 0 Å². The molecule has 0 aromatic heterocycles. The number of anilines is 1. The van der Waals surface area contributed by atoms with Crippen molar-refractivity contribution in [3.05, 3.63) is 30.3 Å². The van der Waals surface area contributed by atoms with E-state index < -0.39 is 0 Å². The van der Waals surface area contributed by atoms with Gasteiger partial charge in [0.25, 0.3) is 0 Å². The first-order valence-electron chi connectivity index (χ1n) is 9.20. The molecule has 2 aliphatic heterocycles. The molecule has 0 spiro atoms. The molecule has 0 saturated carbocycles. The number of likely N-dealkylation sites (tertiary alicyclic amines) is 1. The number of nitrogens with zero attached hydrogens (tertiary/aromatic N) is 3. The lowest BCUT2D eigenvalue weighted by molar-refractivity contribution is -0.142. The van der Waals surface area contributed by atoms with E-state index in [4.69, 9.17) is 0 Å². The summed E-state index contributed by atoms with van der Waals surface area (Å²) in [6.45, 7) is 5.16. The van der Waals surface area contributed by atoms with Gasteiger partial charge in [-0.15, -0.1) is 0 Å². The van der Waals surface area contributed by atoms with Crippen LogP contribution in [-0.2, 0) is 9.59 Å². The minimum Gasteiger partial charge on any atom is -0.339 e. The molecule has 1 aromatic rings. The zero-order chi connectivity index (χ0) is 18.5. The van der Waals surface area contributed by atoms with Gasteiger partial charge in [-0.3, -0.25) is 9.59 Å². The van der Waals surface area contributed by atoms with Crippen molar-refractivity contribution in [2.75, 3.05) is 44.6 Å². The summed E-state index contributed by atoms with van der Waals surface area (Å²) in [7, 11) is 0. The predicted molar refractivity (Wildman–Crippen MR) is 98.6 cm³/mol. The second kappa shape index (κ2) is 8.21. The second-order valence-corrected chi connectivity index (χ2v) is 6.89. The van der Waals surface area contributed by atoms with Crippen LogP contribution in [0.25, 0.3) is 0 Å². The van der Waals surface area contributed by atoms with Gasteiger partial charge in [0.15, 0.2) is 0 Å². The number of carbonyl (C=O) groups excluding carboxylic acids is 3. The molecule has 1 aromatic carbocycles. The third kappa shape index (κ3) is 4.33. The van der Waals surface area contributed by atoms with Gasteiger partial charge in [0.1, 0.15) is 0 Å². The summed E-state index contributed by atoms with van der Waals surface area (Å²) in [4.78, 5) is 41.8. The molecule has 0 aliphatic carbocycles. The van der Waals surface area contributed by atoms with Crippen molar-refractivity contribution in [1.82, 2.24) is 14.7 Å². The number of amides is 4. The van der Waals surface area contributed by atoms with Crippen LogP contribution >= 0.6 is 0 Å². The fourth-order valence-electron chi connectivity index (χ4n) is 3.55. The molecule has 140 valence electrons. The Morgan fingerprint density at radius 3 is 2.00 bits per heavy atom. The summed E-state index contributed by atoms with van der Waals surface area (Å²) < 4.78 is 0. The van der Waals surface area contributed by atoms with Crippen LogP contribution in [0.2, 0.25) is 0 Å². The summed E-state index contributed by atoms with van der Waals surface area (Å²) in [6, 6.07) is 9.27. The maximum Gasteiger partial charge on any atom is 0.321 e. The minimum absolute atomic E-state index is 0.0281. The van der Waals surface area contributed by atoms with Gasteiger partial charge in [-0.1, -0.05) is 18.2 Å². The predicted octanol–water partition coefficient (Wildman–Crippen LogP) is 1.62. The fourth-order valence-corrected chi connectivity index (χ4v) is 3.55. The number of urea groups is 1. The average Bonchev–Trinajstić information content (AvgIpc) is 2.68. The van der Waals surface area contributed by atoms with Crippen LogP contribution in [0.3, 0.4) is 0 Å². The van der Waals surface area contributed by atoms with Gasteiger partial charge in [-0.05, 0) is 25.0 Å². The Bertz CT molecular complexity index is 648. The summed E-state index contributed by atoms with van der Waals surface area (Å²) >= 11 is 0. The van der Waals surface area contributed by atoms with Crippen LogP contribution in [-0.4, -0.2) is 71.8 Å². The lowest BCUT2D eigenvalue weighted by Crippen LogP contribution is -2.53. The van der Waals surface area contributed by atoms with E-state index in [2.05, 4.69) is 5.32 Å². The molecular weight excluding hydrogens is 332 g/mol. The van der Waals surface area contributed by atoms with Crippen LogP contribution in [0.5, 0.6) is 0 Å². The molecule has 7 nitrogen and oxygen atoms in total. The first-order chi connectivity index (χ1) is 12.5. The molecule has 0 atom stereocenters. The molecule has 4 amide bonds. The van der Waals surface area contributed by atoms with Crippen LogP contribution in [0.15, 0.2) is 30.3 Å². The highest BCUT2D eigenvalue weighted by Gasteiger charge is 2.32. The van der Waals surface area contributed by atoms with E-state index >= 15 is 0 Å². The average molecular weight is 358 g/mol. The van der Waals surface area contributed by atoms with Crippen LogP contribution in [0.1, 0.15) is 19.8 Å². The SMILES string of the molecule is CC(=O)N1CCN(C(=O)C2CCN(C(=O)Nc3ccccc3)CC2)CC1. The van der Waals surface area contributed by atoms with Gasteiger partial charge in [0, 0.05) is 57.8 Å². The van der Waals surface area contributed by atoms with Crippen molar-refractivity contribution in [2.45, 2.75) is 19.8 Å². The van der Waals surface area contributed by atoms with Crippen molar-refractivity contribution >= 4 is 23.5 Å². The van der Waals surface area contributed by atoms with Gasteiger partial charge in [-0.25, -0.2) is 4.79 Å². The molecule has 3 rings (SSSR count). The first kappa shape index (κ1) is 18.2. The van der Waals surface area contributed by atoms with E-state index in [9.17, 15) is 14.4 Å².